The Hall–Kier alpha value is -3.19. The zero-order valence-electron chi connectivity index (χ0n) is 17.2. The van der Waals surface area contributed by atoms with Crippen molar-refractivity contribution in [3.05, 3.63) is 52.1 Å². The van der Waals surface area contributed by atoms with Crippen LogP contribution >= 0.6 is 0 Å². The largest absolute Gasteiger partial charge is 0.507 e. The highest BCUT2D eigenvalue weighted by molar-refractivity contribution is 6.04. The molecule has 7 nitrogen and oxygen atoms in total. The Balaban J connectivity index is 2.14. The molecule has 1 atom stereocenters. The second-order valence-corrected chi connectivity index (χ2v) is 7.48. The van der Waals surface area contributed by atoms with Gasteiger partial charge < -0.3 is 29.9 Å². The predicted octanol–water partition coefficient (Wildman–Crippen LogP) is 3.56. The summed E-state index contributed by atoms with van der Waals surface area (Å²) in [5, 5.41) is 40.6. The number of ketones is 1. The van der Waals surface area contributed by atoms with Crippen molar-refractivity contribution in [1.29, 1.82) is 0 Å². The summed E-state index contributed by atoms with van der Waals surface area (Å²) >= 11 is 0. The molecule has 7 heteroatoms. The van der Waals surface area contributed by atoms with E-state index in [1.807, 2.05) is 19.9 Å². The summed E-state index contributed by atoms with van der Waals surface area (Å²) in [7, 11) is 1.43. The van der Waals surface area contributed by atoms with E-state index < -0.39 is 6.10 Å². The third-order valence-electron chi connectivity index (χ3n) is 5.16. The van der Waals surface area contributed by atoms with E-state index in [1.54, 1.807) is 12.1 Å². The van der Waals surface area contributed by atoms with E-state index in [2.05, 4.69) is 0 Å². The van der Waals surface area contributed by atoms with Gasteiger partial charge in [-0.3, -0.25) is 4.79 Å². The van der Waals surface area contributed by atoms with Gasteiger partial charge in [0, 0.05) is 24.2 Å². The summed E-state index contributed by atoms with van der Waals surface area (Å²) in [6, 6.07) is 4.69. The van der Waals surface area contributed by atoms with Crippen molar-refractivity contribution >= 4 is 5.78 Å². The molecule has 0 amide bonds. The summed E-state index contributed by atoms with van der Waals surface area (Å²) < 4.78 is 11.3. The molecule has 0 spiro atoms. The van der Waals surface area contributed by atoms with E-state index in [9.17, 15) is 25.2 Å². The first-order valence-electron chi connectivity index (χ1n) is 9.69. The van der Waals surface area contributed by atoms with Crippen LogP contribution in [0.25, 0.3) is 0 Å². The molecule has 0 bridgehead atoms. The van der Waals surface area contributed by atoms with E-state index in [1.165, 1.54) is 13.2 Å². The number of rotatable bonds is 6. The van der Waals surface area contributed by atoms with Crippen LogP contribution in [0.15, 0.2) is 29.8 Å². The van der Waals surface area contributed by atoms with Gasteiger partial charge >= 0.3 is 0 Å². The fraction of sp³-hybridized carbons (Fsp3) is 0.348. The molecule has 0 aliphatic carbocycles. The number of carbonyl (C=O) groups is 1. The van der Waals surface area contributed by atoms with E-state index in [0.29, 0.717) is 17.5 Å². The molecule has 0 saturated carbocycles. The fourth-order valence-corrected chi connectivity index (χ4v) is 3.58. The number of carbonyl (C=O) groups excluding carboxylic acids is 1. The zero-order valence-corrected chi connectivity index (χ0v) is 17.2. The fourth-order valence-electron chi connectivity index (χ4n) is 3.58. The zero-order chi connectivity index (χ0) is 22.0. The number of methoxy groups -OCH3 is 1. The molecule has 0 fully saturated rings. The molecule has 2 aromatic carbocycles. The second kappa shape index (κ2) is 8.67. The van der Waals surface area contributed by atoms with Crippen LogP contribution in [-0.2, 0) is 12.8 Å². The number of fused-ring (bicyclic) bond motifs is 1. The number of phenolic OH excluding ortho intramolecular Hbond substituents is 3. The van der Waals surface area contributed by atoms with Crippen LogP contribution in [0.4, 0.5) is 0 Å². The minimum absolute atomic E-state index is 0.0125. The van der Waals surface area contributed by atoms with Crippen molar-refractivity contribution < 1.29 is 34.7 Å². The highest BCUT2D eigenvalue weighted by atomic mass is 16.5. The minimum Gasteiger partial charge on any atom is -0.507 e. The molecule has 0 saturated heterocycles. The van der Waals surface area contributed by atoms with E-state index in [-0.39, 0.29) is 65.1 Å². The molecule has 2 aromatic rings. The van der Waals surface area contributed by atoms with Gasteiger partial charge in [0.2, 0.25) is 0 Å². The molecular formula is C23H26O7. The Morgan fingerprint density at radius 1 is 1.20 bits per heavy atom. The maximum atomic E-state index is 13.0. The SMILES string of the molecule is COc1cc(C2CC(=O)c3c(O)c(CCO)c(O)c(CC=C(C)C)c3O2)ccc1O. The third-order valence-corrected chi connectivity index (χ3v) is 5.16. The molecule has 1 aliphatic heterocycles. The van der Waals surface area contributed by atoms with Crippen molar-refractivity contribution in [2.75, 3.05) is 13.7 Å². The van der Waals surface area contributed by atoms with Crippen molar-refractivity contribution in [3.8, 4) is 28.7 Å². The van der Waals surface area contributed by atoms with Gasteiger partial charge in [-0.2, -0.15) is 0 Å². The summed E-state index contributed by atoms with van der Waals surface area (Å²) in [5.41, 5.74) is 2.18. The van der Waals surface area contributed by atoms with Gasteiger partial charge in [-0.15, -0.1) is 0 Å². The van der Waals surface area contributed by atoms with Crippen molar-refractivity contribution in [2.45, 2.75) is 39.2 Å². The van der Waals surface area contributed by atoms with Crippen LogP contribution in [-0.4, -0.2) is 39.9 Å². The molecule has 1 unspecified atom stereocenters. The summed E-state index contributed by atoms with van der Waals surface area (Å²) in [5.74, 6) is -0.514. The summed E-state index contributed by atoms with van der Waals surface area (Å²) in [6.07, 6.45) is 1.50. The van der Waals surface area contributed by atoms with Crippen molar-refractivity contribution in [3.63, 3.8) is 0 Å². The third kappa shape index (κ3) is 3.93. The molecule has 4 N–H and O–H groups in total. The molecule has 0 aromatic heterocycles. The highest BCUT2D eigenvalue weighted by Gasteiger charge is 2.35. The number of hydrogen-bond donors (Lipinski definition) is 4. The molecule has 0 radical (unpaired) electrons. The van der Waals surface area contributed by atoms with E-state index in [4.69, 9.17) is 9.47 Å². The Kier molecular flexibility index (Phi) is 6.22. The number of hydrogen-bond acceptors (Lipinski definition) is 7. The maximum absolute atomic E-state index is 13.0. The number of phenols is 3. The van der Waals surface area contributed by atoms with Gasteiger partial charge in [0.15, 0.2) is 17.3 Å². The van der Waals surface area contributed by atoms with Crippen LogP contribution in [0.3, 0.4) is 0 Å². The molecule has 160 valence electrons. The number of allylic oxidation sites excluding steroid dienone is 2. The lowest BCUT2D eigenvalue weighted by molar-refractivity contribution is 0.0841. The van der Waals surface area contributed by atoms with Crippen LogP contribution in [0.5, 0.6) is 28.7 Å². The number of aromatic hydroxyl groups is 3. The first-order chi connectivity index (χ1) is 14.3. The van der Waals surface area contributed by atoms with Gasteiger partial charge in [-0.25, -0.2) is 0 Å². The molecular weight excluding hydrogens is 388 g/mol. The number of benzene rings is 2. The summed E-state index contributed by atoms with van der Waals surface area (Å²) in [6.45, 7) is 3.54. The first kappa shape index (κ1) is 21.5. The van der Waals surface area contributed by atoms with Gasteiger partial charge in [-0.1, -0.05) is 17.7 Å². The minimum atomic E-state index is -0.674. The number of aliphatic hydroxyl groups is 1. The quantitative estimate of drug-likeness (QED) is 0.534. The van der Waals surface area contributed by atoms with Crippen LogP contribution in [0.2, 0.25) is 0 Å². The molecule has 1 aliphatic rings. The van der Waals surface area contributed by atoms with Gasteiger partial charge in [0.25, 0.3) is 0 Å². The van der Waals surface area contributed by atoms with E-state index >= 15 is 0 Å². The lowest BCUT2D eigenvalue weighted by atomic mass is 9.89. The highest BCUT2D eigenvalue weighted by Crippen LogP contribution is 2.48. The number of Topliss-reactive ketones (excluding diaryl/α,β-unsaturated/α-hetero) is 1. The normalized spacial score (nSPS) is 15.3. The molecule has 1 heterocycles. The maximum Gasteiger partial charge on any atom is 0.174 e. The lowest BCUT2D eigenvalue weighted by Crippen LogP contribution is -2.22. The lowest BCUT2D eigenvalue weighted by Gasteiger charge is -2.29. The Morgan fingerprint density at radius 3 is 2.57 bits per heavy atom. The van der Waals surface area contributed by atoms with Crippen molar-refractivity contribution in [1.82, 2.24) is 0 Å². The molecule has 3 rings (SSSR count). The Labute approximate surface area is 174 Å². The smallest absolute Gasteiger partial charge is 0.174 e. The topological polar surface area (TPSA) is 116 Å². The van der Waals surface area contributed by atoms with E-state index in [0.717, 1.165) is 5.57 Å². The Bertz CT molecular complexity index is 1000. The first-order valence-corrected chi connectivity index (χ1v) is 9.69. The van der Waals surface area contributed by atoms with Gasteiger partial charge in [0.1, 0.15) is 28.9 Å². The van der Waals surface area contributed by atoms with Gasteiger partial charge in [0.05, 0.1) is 13.5 Å². The van der Waals surface area contributed by atoms with Crippen LogP contribution in [0, 0.1) is 0 Å². The Morgan fingerprint density at radius 2 is 1.93 bits per heavy atom. The average Bonchev–Trinajstić information content (AvgIpc) is 2.70. The summed E-state index contributed by atoms with van der Waals surface area (Å²) in [4.78, 5) is 13.0. The van der Waals surface area contributed by atoms with Crippen LogP contribution in [0.1, 0.15) is 53.4 Å². The van der Waals surface area contributed by atoms with Crippen molar-refractivity contribution in [2.24, 2.45) is 0 Å². The van der Waals surface area contributed by atoms with Crippen LogP contribution < -0.4 is 9.47 Å². The second-order valence-electron chi connectivity index (χ2n) is 7.48. The predicted molar refractivity (Wildman–Crippen MR) is 111 cm³/mol. The number of aliphatic hydroxyl groups excluding tert-OH is 1. The monoisotopic (exact) mass is 414 g/mol. The average molecular weight is 414 g/mol. The molecule has 30 heavy (non-hydrogen) atoms. The van der Waals surface area contributed by atoms with Gasteiger partial charge in [-0.05, 0) is 38.0 Å². The number of ether oxygens (including phenoxy) is 2. The standard InChI is InChI=1S/C23H26O7/c1-12(2)4-6-15-21(27)14(8-9-24)22(28)20-17(26)11-18(30-23(15)20)13-5-7-16(25)19(10-13)29-3/h4-5,7,10,18,24-25,27-28H,6,8-9,11H2,1-3H3.